The first-order valence-corrected chi connectivity index (χ1v) is 7.52. The zero-order valence-electron chi connectivity index (χ0n) is 14.0. The van der Waals surface area contributed by atoms with E-state index in [9.17, 15) is 4.48 Å². The van der Waals surface area contributed by atoms with Gasteiger partial charge in [0, 0.05) is 18.1 Å². The second-order valence-corrected chi connectivity index (χ2v) is 5.58. The normalized spacial score (nSPS) is 12.2. The van der Waals surface area contributed by atoms with Gasteiger partial charge in [-0.15, -0.1) is 0 Å². The van der Waals surface area contributed by atoms with Gasteiger partial charge in [0.1, 0.15) is 0 Å². The lowest BCUT2D eigenvalue weighted by Gasteiger charge is -2.14. The summed E-state index contributed by atoms with van der Waals surface area (Å²) < 4.78 is 14.2. The van der Waals surface area contributed by atoms with Crippen LogP contribution in [-0.4, -0.2) is 4.98 Å². The van der Waals surface area contributed by atoms with Crippen molar-refractivity contribution in [3.63, 3.8) is 0 Å². The summed E-state index contributed by atoms with van der Waals surface area (Å²) in [5.41, 5.74) is 5.16. The Morgan fingerprint density at radius 2 is 1.74 bits per heavy atom. The number of rotatable bonds is 5. The number of nitrogens with zero attached hydrogens (tertiary/aromatic N) is 2. The maximum absolute atomic E-state index is 14.2. The standard InChI is InChI=1S/C19H22FN3/c1-14-5-8-18(9-6-14)15(2)11-21-12-17(4)23(20)19-10-7-16(3)22-13-19/h5-13,21H,1-4H3/b15-11+,17-12+. The minimum atomic E-state index is 0.408. The van der Waals surface area contributed by atoms with Crippen LogP contribution in [0.5, 0.6) is 0 Å². The predicted molar refractivity (Wildman–Crippen MR) is 94.3 cm³/mol. The molecule has 0 aliphatic carbocycles. The molecule has 120 valence electrons. The Kier molecular flexibility index (Phi) is 5.52. The summed E-state index contributed by atoms with van der Waals surface area (Å²) in [7, 11) is 0. The summed E-state index contributed by atoms with van der Waals surface area (Å²) >= 11 is 0. The molecule has 1 heterocycles. The van der Waals surface area contributed by atoms with Crippen molar-refractivity contribution in [1.82, 2.24) is 10.3 Å². The summed E-state index contributed by atoms with van der Waals surface area (Å²) in [6, 6.07) is 11.8. The molecule has 4 heteroatoms. The van der Waals surface area contributed by atoms with Crippen molar-refractivity contribution in [2.24, 2.45) is 0 Å². The average Bonchev–Trinajstić information content (AvgIpc) is 2.55. The zero-order valence-corrected chi connectivity index (χ0v) is 14.0. The smallest absolute Gasteiger partial charge is 0.0926 e. The monoisotopic (exact) mass is 311 g/mol. The van der Waals surface area contributed by atoms with Crippen molar-refractivity contribution in [1.29, 1.82) is 0 Å². The molecule has 0 atom stereocenters. The van der Waals surface area contributed by atoms with Gasteiger partial charge in [0.2, 0.25) is 0 Å². The Morgan fingerprint density at radius 3 is 2.35 bits per heavy atom. The van der Waals surface area contributed by atoms with E-state index in [0.717, 1.165) is 16.8 Å². The van der Waals surface area contributed by atoms with Crippen molar-refractivity contribution in [2.75, 3.05) is 5.12 Å². The quantitative estimate of drug-likeness (QED) is 0.796. The molecule has 3 nitrogen and oxygen atoms in total. The summed E-state index contributed by atoms with van der Waals surface area (Å²) in [4.78, 5) is 4.10. The summed E-state index contributed by atoms with van der Waals surface area (Å²) in [5, 5.41) is 3.64. The van der Waals surface area contributed by atoms with Gasteiger partial charge >= 0.3 is 0 Å². The van der Waals surface area contributed by atoms with Crippen LogP contribution in [0.2, 0.25) is 0 Å². The van der Waals surface area contributed by atoms with E-state index in [2.05, 4.69) is 41.5 Å². The van der Waals surface area contributed by atoms with Gasteiger partial charge in [-0.05, 0) is 51.0 Å². The van der Waals surface area contributed by atoms with Crippen molar-refractivity contribution < 1.29 is 4.48 Å². The number of aromatic nitrogens is 1. The molecule has 0 bridgehead atoms. The number of anilines is 1. The number of hydrogen-bond acceptors (Lipinski definition) is 3. The maximum Gasteiger partial charge on any atom is 0.0926 e. The first-order chi connectivity index (χ1) is 11.0. The van der Waals surface area contributed by atoms with Crippen LogP contribution in [-0.2, 0) is 0 Å². The molecule has 0 unspecified atom stereocenters. The molecule has 23 heavy (non-hydrogen) atoms. The summed E-state index contributed by atoms with van der Waals surface area (Å²) in [6.45, 7) is 7.64. The van der Waals surface area contributed by atoms with E-state index in [1.54, 1.807) is 25.3 Å². The third kappa shape index (κ3) is 4.68. The van der Waals surface area contributed by atoms with Crippen LogP contribution in [0.15, 0.2) is 60.7 Å². The van der Waals surface area contributed by atoms with E-state index in [-0.39, 0.29) is 0 Å². The third-order valence-corrected chi connectivity index (χ3v) is 3.53. The molecule has 2 aromatic rings. The lowest BCUT2D eigenvalue weighted by Crippen LogP contribution is -2.11. The van der Waals surface area contributed by atoms with Gasteiger partial charge in [-0.1, -0.05) is 34.3 Å². The number of pyridine rings is 1. The van der Waals surface area contributed by atoms with Crippen molar-refractivity contribution in [2.45, 2.75) is 27.7 Å². The van der Waals surface area contributed by atoms with Gasteiger partial charge in [0.15, 0.2) is 0 Å². The maximum atomic E-state index is 14.2. The molecule has 0 saturated carbocycles. The van der Waals surface area contributed by atoms with Gasteiger partial charge in [-0.3, -0.25) is 4.98 Å². The summed E-state index contributed by atoms with van der Waals surface area (Å²) in [6.07, 6.45) is 4.99. The molecule has 1 N–H and O–H groups in total. The molecule has 0 spiro atoms. The van der Waals surface area contributed by atoms with Crippen LogP contribution in [0.3, 0.4) is 0 Å². The molecule has 0 aliphatic rings. The number of hydrogen-bond donors (Lipinski definition) is 1. The highest BCUT2D eigenvalue weighted by molar-refractivity contribution is 5.63. The van der Waals surface area contributed by atoms with Crippen molar-refractivity contribution in [3.8, 4) is 0 Å². The van der Waals surface area contributed by atoms with E-state index < -0.39 is 0 Å². The number of allylic oxidation sites excluding steroid dienone is 2. The second kappa shape index (κ2) is 7.58. The minimum absolute atomic E-state index is 0.408. The van der Waals surface area contributed by atoms with Gasteiger partial charge in [0.25, 0.3) is 0 Å². The van der Waals surface area contributed by atoms with Crippen LogP contribution in [0.1, 0.15) is 30.7 Å². The predicted octanol–water partition coefficient (Wildman–Crippen LogP) is 4.90. The Labute approximate surface area is 137 Å². The van der Waals surface area contributed by atoms with Gasteiger partial charge < -0.3 is 5.32 Å². The van der Waals surface area contributed by atoms with Crippen LogP contribution in [0.4, 0.5) is 10.2 Å². The fraction of sp³-hybridized carbons (Fsp3) is 0.211. The van der Waals surface area contributed by atoms with E-state index in [0.29, 0.717) is 16.5 Å². The Bertz CT molecular complexity index is 700. The minimum Gasteiger partial charge on any atom is -0.366 e. The molecule has 2 rings (SSSR count). The highest BCUT2D eigenvalue weighted by atomic mass is 19.2. The zero-order chi connectivity index (χ0) is 16.8. The molecular weight excluding hydrogens is 289 g/mol. The van der Waals surface area contributed by atoms with E-state index in [4.69, 9.17) is 0 Å². The summed E-state index contributed by atoms with van der Waals surface area (Å²) in [5.74, 6) is 0. The fourth-order valence-electron chi connectivity index (χ4n) is 2.02. The molecule has 1 aromatic carbocycles. The first-order valence-electron chi connectivity index (χ1n) is 7.52. The topological polar surface area (TPSA) is 28.2 Å². The Hall–Kier alpha value is -2.62. The highest BCUT2D eigenvalue weighted by Crippen LogP contribution is 2.18. The molecular formula is C19H22FN3. The van der Waals surface area contributed by atoms with Crippen LogP contribution in [0.25, 0.3) is 5.57 Å². The van der Waals surface area contributed by atoms with Crippen LogP contribution in [0, 0.1) is 13.8 Å². The first kappa shape index (κ1) is 16.7. The SMILES string of the molecule is C/C(=C\N/C=C(\C)N(F)c1ccc(C)nc1)c1ccc(C)cc1. The molecule has 0 aliphatic heterocycles. The molecule has 0 amide bonds. The van der Waals surface area contributed by atoms with Gasteiger partial charge in [-0.25, -0.2) is 0 Å². The van der Waals surface area contributed by atoms with Crippen LogP contribution >= 0.6 is 0 Å². The lowest BCUT2D eigenvalue weighted by atomic mass is 10.1. The van der Waals surface area contributed by atoms with E-state index in [1.165, 1.54) is 11.8 Å². The third-order valence-electron chi connectivity index (χ3n) is 3.53. The lowest BCUT2D eigenvalue weighted by molar-refractivity contribution is 0.477. The van der Waals surface area contributed by atoms with Gasteiger partial charge in [0.05, 0.1) is 17.6 Å². The molecule has 1 aromatic heterocycles. The molecule has 0 radical (unpaired) electrons. The fourth-order valence-corrected chi connectivity index (χ4v) is 2.02. The largest absolute Gasteiger partial charge is 0.366 e. The number of aryl methyl sites for hydroxylation is 2. The number of halogens is 1. The van der Waals surface area contributed by atoms with E-state index in [1.807, 2.05) is 20.0 Å². The van der Waals surface area contributed by atoms with Crippen LogP contribution < -0.4 is 10.4 Å². The average molecular weight is 311 g/mol. The van der Waals surface area contributed by atoms with Gasteiger partial charge in [-0.2, -0.15) is 5.12 Å². The highest BCUT2D eigenvalue weighted by Gasteiger charge is 2.06. The van der Waals surface area contributed by atoms with Crippen molar-refractivity contribution in [3.05, 3.63) is 77.5 Å². The number of nitrogens with one attached hydrogen (secondary N) is 1. The molecule has 0 saturated heterocycles. The second-order valence-electron chi connectivity index (χ2n) is 5.58. The molecule has 0 fully saturated rings. The Morgan fingerprint density at radius 1 is 1.04 bits per heavy atom. The number of benzene rings is 1. The van der Waals surface area contributed by atoms with E-state index >= 15 is 0 Å². The van der Waals surface area contributed by atoms with Crippen molar-refractivity contribution >= 4 is 11.3 Å². The Balaban J connectivity index is 2.02.